The van der Waals surface area contributed by atoms with Crippen molar-refractivity contribution in [1.82, 2.24) is 10.2 Å². The van der Waals surface area contributed by atoms with Crippen LogP contribution >= 0.6 is 0 Å². The molecule has 0 fully saturated rings. The number of hydrogen-bond acceptors (Lipinski definition) is 4. The first-order valence-corrected chi connectivity index (χ1v) is 9.47. The van der Waals surface area contributed by atoms with E-state index in [1.54, 1.807) is 56.5 Å². The number of benzene rings is 2. The summed E-state index contributed by atoms with van der Waals surface area (Å²) < 4.78 is 24.8. The van der Waals surface area contributed by atoms with Gasteiger partial charge >= 0.3 is 0 Å². The number of carbonyl (C=O) groups is 2. The van der Waals surface area contributed by atoms with E-state index in [1.807, 2.05) is 0 Å². The van der Waals surface area contributed by atoms with Gasteiger partial charge in [-0.1, -0.05) is 18.2 Å². The van der Waals surface area contributed by atoms with Crippen LogP contribution in [-0.4, -0.2) is 43.5 Å². The molecule has 0 aliphatic heterocycles. The molecular formula is C22H27FN2O4. The monoisotopic (exact) mass is 402 g/mol. The van der Waals surface area contributed by atoms with Gasteiger partial charge in [-0.3, -0.25) is 9.59 Å². The zero-order chi connectivity index (χ0) is 21.2. The lowest BCUT2D eigenvalue weighted by atomic mass is 10.1. The van der Waals surface area contributed by atoms with Crippen LogP contribution in [0.3, 0.4) is 0 Å². The van der Waals surface area contributed by atoms with Crippen molar-refractivity contribution in [3.63, 3.8) is 0 Å². The van der Waals surface area contributed by atoms with Crippen molar-refractivity contribution in [3.8, 4) is 11.5 Å². The summed E-state index contributed by atoms with van der Waals surface area (Å²) in [5.41, 5.74) is 0.367. The molecule has 2 aromatic carbocycles. The molecule has 0 spiro atoms. The molecule has 1 atom stereocenters. The maximum absolute atomic E-state index is 14.0. The number of ether oxygens (including phenoxy) is 2. The number of hydrogen-bond donors (Lipinski definition) is 1. The Hall–Kier alpha value is -3.09. The summed E-state index contributed by atoms with van der Waals surface area (Å²) in [6.07, 6.45) is 0.658. The summed E-state index contributed by atoms with van der Waals surface area (Å²) in [7, 11) is 3.10. The molecule has 156 valence electrons. The van der Waals surface area contributed by atoms with E-state index in [9.17, 15) is 14.0 Å². The first kappa shape index (κ1) is 22.2. The Morgan fingerprint density at radius 3 is 2.38 bits per heavy atom. The van der Waals surface area contributed by atoms with Crippen molar-refractivity contribution in [2.45, 2.75) is 32.4 Å². The lowest BCUT2D eigenvalue weighted by Gasteiger charge is -2.28. The number of halogens is 1. The summed E-state index contributed by atoms with van der Waals surface area (Å²) in [5, 5.41) is 2.54. The highest BCUT2D eigenvalue weighted by Crippen LogP contribution is 2.18. The second kappa shape index (κ2) is 11.0. The second-order valence-electron chi connectivity index (χ2n) is 6.53. The number of nitrogens with zero attached hydrogens (tertiary/aromatic N) is 1. The van der Waals surface area contributed by atoms with E-state index >= 15 is 0 Å². The minimum atomic E-state index is -0.713. The molecule has 1 unspecified atom stereocenters. The van der Waals surface area contributed by atoms with Crippen LogP contribution in [0.25, 0.3) is 0 Å². The van der Waals surface area contributed by atoms with Gasteiger partial charge in [-0.05, 0) is 43.7 Å². The average Bonchev–Trinajstić information content (AvgIpc) is 2.75. The van der Waals surface area contributed by atoms with E-state index in [0.29, 0.717) is 24.3 Å². The predicted octanol–water partition coefficient (Wildman–Crippen LogP) is 3.16. The highest BCUT2D eigenvalue weighted by molar-refractivity contribution is 5.87. The fraction of sp³-hybridized carbons (Fsp3) is 0.364. The minimum Gasteiger partial charge on any atom is -0.497 e. The van der Waals surface area contributed by atoms with Gasteiger partial charge in [-0.2, -0.15) is 0 Å². The van der Waals surface area contributed by atoms with Gasteiger partial charge in [-0.25, -0.2) is 4.39 Å². The molecule has 0 radical (unpaired) electrons. The van der Waals surface area contributed by atoms with Crippen LogP contribution < -0.4 is 14.8 Å². The molecule has 0 saturated carbocycles. The first-order chi connectivity index (χ1) is 14.0. The molecular weight excluding hydrogens is 375 g/mol. The maximum atomic E-state index is 14.0. The summed E-state index contributed by atoms with van der Waals surface area (Å²) >= 11 is 0. The molecule has 2 aromatic rings. The van der Waals surface area contributed by atoms with Gasteiger partial charge in [0.05, 0.1) is 13.7 Å². The Bertz CT molecular complexity index is 811. The van der Waals surface area contributed by atoms with E-state index < -0.39 is 11.9 Å². The van der Waals surface area contributed by atoms with Gasteiger partial charge in [0.2, 0.25) is 11.8 Å². The Morgan fingerprint density at radius 2 is 1.76 bits per heavy atom. The Kier molecular flexibility index (Phi) is 8.45. The minimum absolute atomic E-state index is 0.0272. The quantitative estimate of drug-likeness (QED) is 0.620. The maximum Gasteiger partial charge on any atom is 0.242 e. The topological polar surface area (TPSA) is 67.9 Å². The normalized spacial score (nSPS) is 11.4. The summed E-state index contributed by atoms with van der Waals surface area (Å²) in [5.74, 6) is 0.476. The van der Waals surface area contributed by atoms with Crippen LogP contribution in [0.1, 0.15) is 25.3 Å². The van der Waals surface area contributed by atoms with Gasteiger partial charge < -0.3 is 19.7 Å². The molecule has 0 bridgehead atoms. The summed E-state index contributed by atoms with van der Waals surface area (Å²) in [6.45, 7) is 2.00. The Balaban J connectivity index is 1.95. The van der Waals surface area contributed by atoms with Crippen LogP contribution in [0.4, 0.5) is 4.39 Å². The molecule has 0 aliphatic carbocycles. The molecule has 0 aromatic heterocycles. The smallest absolute Gasteiger partial charge is 0.242 e. The number of rotatable bonds is 10. The van der Waals surface area contributed by atoms with Crippen LogP contribution in [0.5, 0.6) is 11.5 Å². The second-order valence-corrected chi connectivity index (χ2v) is 6.53. The van der Waals surface area contributed by atoms with Crippen molar-refractivity contribution in [3.05, 3.63) is 59.9 Å². The van der Waals surface area contributed by atoms with Crippen LogP contribution in [0, 0.1) is 5.82 Å². The molecule has 0 heterocycles. The van der Waals surface area contributed by atoms with Gasteiger partial charge in [0.25, 0.3) is 0 Å². The van der Waals surface area contributed by atoms with Crippen LogP contribution in [-0.2, 0) is 16.1 Å². The third-order valence-corrected chi connectivity index (χ3v) is 4.58. The van der Waals surface area contributed by atoms with Crippen molar-refractivity contribution < 1.29 is 23.5 Å². The predicted molar refractivity (Wildman–Crippen MR) is 108 cm³/mol. The number of methoxy groups -OCH3 is 1. The standard InChI is InChI=1S/C22H27FN2O4/c1-16(22(27)24-2)25(15-17-7-4-5-8-20(17)23)21(26)9-6-14-29-19-12-10-18(28-3)11-13-19/h4-5,7-8,10-13,16H,6,9,14-15H2,1-3H3,(H,24,27). The molecule has 2 amide bonds. The van der Waals surface area contributed by atoms with Crippen LogP contribution in [0.15, 0.2) is 48.5 Å². The zero-order valence-corrected chi connectivity index (χ0v) is 17.0. The zero-order valence-electron chi connectivity index (χ0n) is 17.0. The summed E-state index contributed by atoms with van der Waals surface area (Å²) in [6, 6.07) is 12.7. The van der Waals surface area contributed by atoms with E-state index in [0.717, 1.165) is 5.75 Å². The Morgan fingerprint density at radius 1 is 1.10 bits per heavy atom. The lowest BCUT2D eigenvalue weighted by molar-refractivity contribution is -0.140. The van der Waals surface area contributed by atoms with Crippen molar-refractivity contribution >= 4 is 11.8 Å². The van der Waals surface area contributed by atoms with E-state index in [-0.39, 0.29) is 24.8 Å². The van der Waals surface area contributed by atoms with Gasteiger partial charge in [0, 0.05) is 25.6 Å². The van der Waals surface area contributed by atoms with Gasteiger partial charge in [-0.15, -0.1) is 0 Å². The molecule has 0 saturated heterocycles. The lowest BCUT2D eigenvalue weighted by Crippen LogP contribution is -2.46. The van der Waals surface area contributed by atoms with E-state index in [4.69, 9.17) is 9.47 Å². The van der Waals surface area contributed by atoms with E-state index in [2.05, 4.69) is 5.32 Å². The third-order valence-electron chi connectivity index (χ3n) is 4.58. The fourth-order valence-corrected chi connectivity index (χ4v) is 2.83. The third kappa shape index (κ3) is 6.48. The molecule has 7 heteroatoms. The van der Waals surface area contributed by atoms with E-state index in [1.165, 1.54) is 18.0 Å². The number of nitrogens with one attached hydrogen (secondary N) is 1. The summed E-state index contributed by atoms with van der Waals surface area (Å²) in [4.78, 5) is 26.2. The van der Waals surface area contributed by atoms with Crippen molar-refractivity contribution in [2.24, 2.45) is 0 Å². The number of amides is 2. The highest BCUT2D eigenvalue weighted by Gasteiger charge is 2.25. The number of carbonyl (C=O) groups excluding carboxylic acids is 2. The Labute approximate surface area is 170 Å². The molecule has 2 rings (SSSR count). The van der Waals surface area contributed by atoms with Crippen molar-refractivity contribution in [2.75, 3.05) is 20.8 Å². The van der Waals surface area contributed by atoms with Gasteiger partial charge in [0.15, 0.2) is 0 Å². The average molecular weight is 402 g/mol. The SMILES string of the molecule is CNC(=O)C(C)N(Cc1ccccc1F)C(=O)CCCOc1ccc(OC)cc1. The first-order valence-electron chi connectivity index (χ1n) is 9.47. The molecule has 29 heavy (non-hydrogen) atoms. The number of likely N-dealkylation sites (N-methyl/N-ethyl adjacent to an activating group) is 1. The molecule has 0 aliphatic rings. The highest BCUT2D eigenvalue weighted by atomic mass is 19.1. The fourth-order valence-electron chi connectivity index (χ4n) is 2.83. The molecule has 1 N–H and O–H groups in total. The largest absolute Gasteiger partial charge is 0.497 e. The van der Waals surface area contributed by atoms with Gasteiger partial charge in [0.1, 0.15) is 23.4 Å². The molecule has 6 nitrogen and oxygen atoms in total. The van der Waals surface area contributed by atoms with Crippen LogP contribution in [0.2, 0.25) is 0 Å². The van der Waals surface area contributed by atoms with Crippen molar-refractivity contribution in [1.29, 1.82) is 0 Å².